The molecule has 5 rings (SSSR count). The van der Waals surface area contributed by atoms with Crippen LogP contribution in [0.5, 0.6) is 0 Å². The normalized spacial score (nSPS) is 45.5. The van der Waals surface area contributed by atoms with Crippen LogP contribution in [0.3, 0.4) is 0 Å². The topological polar surface area (TPSA) is 130 Å². The van der Waals surface area contributed by atoms with E-state index in [-0.39, 0.29) is 47.7 Å². The summed E-state index contributed by atoms with van der Waals surface area (Å²) < 4.78 is 5.20. The number of carbonyl (C=O) groups is 4. The molecule has 1 heterocycles. The first kappa shape index (κ1) is 23.7. The Morgan fingerprint density at radius 2 is 1.88 bits per heavy atom. The number of ether oxygens (including phenoxy) is 1. The van der Waals surface area contributed by atoms with Crippen LogP contribution in [0.15, 0.2) is 11.6 Å². The predicted octanol–water partition coefficient (Wildman–Crippen LogP) is 1.61. The fourth-order valence-corrected chi connectivity index (χ4v) is 8.30. The van der Waals surface area contributed by atoms with E-state index in [0.717, 1.165) is 24.8 Å². The van der Waals surface area contributed by atoms with Crippen LogP contribution in [-0.4, -0.2) is 58.0 Å². The number of allylic oxidation sites excluding steroid dienone is 1. The fourth-order valence-electron chi connectivity index (χ4n) is 8.30. The number of nitrogens with one attached hydrogen (secondary N) is 1. The number of hydrogen-bond acceptors (Lipinski definition) is 7. The van der Waals surface area contributed by atoms with Crippen LogP contribution in [0.25, 0.3) is 0 Å². The van der Waals surface area contributed by atoms with E-state index in [2.05, 4.69) is 12.2 Å². The highest BCUT2D eigenvalue weighted by molar-refractivity contribution is 5.93. The van der Waals surface area contributed by atoms with Gasteiger partial charge in [-0.3, -0.25) is 14.4 Å². The monoisotopic (exact) mass is 473 g/mol. The lowest BCUT2D eigenvalue weighted by molar-refractivity contribution is -0.184. The summed E-state index contributed by atoms with van der Waals surface area (Å²) in [5.74, 6) is -1.03. The molecule has 8 heteroatoms. The summed E-state index contributed by atoms with van der Waals surface area (Å²) in [7, 11) is 0. The number of esters is 1. The molecule has 8 atom stereocenters. The smallest absolute Gasteiger partial charge is 0.329 e. The molecule has 0 radical (unpaired) electrons. The quantitative estimate of drug-likeness (QED) is 0.529. The van der Waals surface area contributed by atoms with E-state index < -0.39 is 41.5 Å². The molecule has 3 N–H and O–H groups in total. The van der Waals surface area contributed by atoms with E-state index in [1.54, 1.807) is 6.08 Å². The number of aliphatic hydroxyl groups is 2. The van der Waals surface area contributed by atoms with Crippen LogP contribution in [0.4, 0.5) is 0 Å². The Kier molecular flexibility index (Phi) is 5.56. The van der Waals surface area contributed by atoms with Crippen molar-refractivity contribution in [1.29, 1.82) is 0 Å². The third-order valence-electron chi connectivity index (χ3n) is 10.1. The Labute approximate surface area is 199 Å². The third kappa shape index (κ3) is 3.32. The van der Waals surface area contributed by atoms with Crippen molar-refractivity contribution in [3.8, 4) is 0 Å². The number of Topliss-reactive ketones (excluding diaryl/α,β-unsaturated/α-hetero) is 1. The molecule has 8 nitrogen and oxygen atoms in total. The van der Waals surface area contributed by atoms with Crippen molar-refractivity contribution < 1.29 is 34.1 Å². The maximum Gasteiger partial charge on any atom is 0.329 e. The van der Waals surface area contributed by atoms with Crippen molar-refractivity contribution in [2.45, 2.75) is 89.4 Å². The molecule has 4 fully saturated rings. The third-order valence-corrected chi connectivity index (χ3v) is 10.1. The minimum atomic E-state index is -1.68. The number of aliphatic hydroxyl groups excluding tert-OH is 1. The van der Waals surface area contributed by atoms with Gasteiger partial charge in [0, 0.05) is 18.3 Å². The lowest BCUT2D eigenvalue weighted by Gasteiger charge is -2.60. The van der Waals surface area contributed by atoms with E-state index in [1.165, 1.54) is 0 Å². The number of carbonyl (C=O) groups excluding carboxylic acids is 4. The van der Waals surface area contributed by atoms with Gasteiger partial charge in [-0.15, -0.1) is 0 Å². The molecule has 0 spiro atoms. The van der Waals surface area contributed by atoms with Crippen molar-refractivity contribution in [1.82, 2.24) is 5.32 Å². The van der Waals surface area contributed by atoms with E-state index in [0.29, 0.717) is 25.7 Å². The van der Waals surface area contributed by atoms with Gasteiger partial charge in [-0.25, -0.2) is 4.79 Å². The standard InChI is InChI=1S/C26H35NO7/c1-24-9-7-15(28)11-14(24)3-4-16-17-8-10-26(33,25(17,2)12-19(29)22(16)24)20(30)13-34-23(32)18-5-6-21(31)27-18/h11,16-19,22,29,33H,3-10,12-13H2,1-2H3,(H,27,31)/t16?,17?,18-,19?,22?,24-,25-,26-/m0/s1. The van der Waals surface area contributed by atoms with Gasteiger partial charge in [0.15, 0.2) is 12.4 Å². The molecular weight excluding hydrogens is 438 g/mol. The molecule has 4 unspecified atom stereocenters. The van der Waals surface area contributed by atoms with Crippen LogP contribution in [0.1, 0.15) is 71.6 Å². The minimum absolute atomic E-state index is 0.0000622. The Morgan fingerprint density at radius 1 is 1.12 bits per heavy atom. The summed E-state index contributed by atoms with van der Waals surface area (Å²) in [4.78, 5) is 48.9. The zero-order valence-corrected chi connectivity index (χ0v) is 20.0. The highest BCUT2D eigenvalue weighted by atomic mass is 16.5. The average Bonchev–Trinajstić information content (AvgIpc) is 3.33. The van der Waals surface area contributed by atoms with Crippen LogP contribution >= 0.6 is 0 Å². The van der Waals surface area contributed by atoms with Crippen molar-refractivity contribution in [3.05, 3.63) is 11.6 Å². The summed E-state index contributed by atoms with van der Waals surface area (Å²) in [6.45, 7) is 3.53. The first-order valence-electron chi connectivity index (χ1n) is 12.6. The molecule has 0 bridgehead atoms. The second-order valence-electron chi connectivity index (χ2n) is 11.7. The first-order chi connectivity index (χ1) is 16.0. The SMILES string of the molecule is C[C@]12CCC(=O)C=C1CCC1C2C(O)C[C@@]2(C)C1CC[C@]2(O)C(=O)COC(=O)[C@@H]1CCC(=O)N1. The minimum Gasteiger partial charge on any atom is -0.456 e. The summed E-state index contributed by atoms with van der Waals surface area (Å²) in [6, 6.07) is -0.744. The molecule has 1 aliphatic heterocycles. The van der Waals surface area contributed by atoms with E-state index in [9.17, 15) is 29.4 Å². The van der Waals surface area contributed by atoms with Crippen LogP contribution in [0, 0.1) is 28.6 Å². The Morgan fingerprint density at radius 3 is 2.59 bits per heavy atom. The maximum atomic E-state index is 13.3. The van der Waals surface area contributed by atoms with Gasteiger partial charge in [-0.1, -0.05) is 19.4 Å². The van der Waals surface area contributed by atoms with Crippen molar-refractivity contribution in [3.63, 3.8) is 0 Å². The molecule has 186 valence electrons. The van der Waals surface area contributed by atoms with E-state index in [4.69, 9.17) is 4.74 Å². The fraction of sp³-hybridized carbons (Fsp3) is 0.769. The van der Waals surface area contributed by atoms with Gasteiger partial charge >= 0.3 is 5.97 Å². The average molecular weight is 474 g/mol. The zero-order valence-electron chi connectivity index (χ0n) is 20.0. The molecular formula is C26H35NO7. The van der Waals surface area contributed by atoms with Crippen molar-refractivity contribution in [2.75, 3.05) is 6.61 Å². The number of rotatable bonds is 4. The number of amides is 1. The molecule has 5 aliphatic rings. The number of fused-ring (bicyclic) bond motifs is 5. The first-order valence-corrected chi connectivity index (χ1v) is 12.6. The molecule has 1 saturated heterocycles. The molecule has 4 aliphatic carbocycles. The van der Waals surface area contributed by atoms with Gasteiger partial charge in [-0.2, -0.15) is 0 Å². The van der Waals surface area contributed by atoms with Gasteiger partial charge in [0.05, 0.1) is 6.10 Å². The highest BCUT2D eigenvalue weighted by Crippen LogP contribution is 2.67. The molecule has 34 heavy (non-hydrogen) atoms. The summed E-state index contributed by atoms with van der Waals surface area (Å²) in [5, 5.41) is 25.7. The molecule has 0 aromatic rings. The summed E-state index contributed by atoms with van der Waals surface area (Å²) in [5.41, 5.74) is -1.59. The molecule has 3 saturated carbocycles. The van der Waals surface area contributed by atoms with Gasteiger partial charge in [0.2, 0.25) is 11.7 Å². The lowest BCUT2D eigenvalue weighted by Crippen LogP contribution is -2.62. The van der Waals surface area contributed by atoms with Gasteiger partial charge in [0.25, 0.3) is 0 Å². The summed E-state index contributed by atoms with van der Waals surface area (Å²) in [6.07, 6.45) is 5.79. The zero-order chi connectivity index (χ0) is 24.5. The maximum absolute atomic E-state index is 13.3. The lowest BCUT2D eigenvalue weighted by atomic mass is 9.45. The van der Waals surface area contributed by atoms with Crippen molar-refractivity contribution in [2.24, 2.45) is 28.6 Å². The largest absolute Gasteiger partial charge is 0.456 e. The van der Waals surface area contributed by atoms with E-state index >= 15 is 0 Å². The molecule has 0 aromatic carbocycles. The van der Waals surface area contributed by atoms with Crippen LogP contribution < -0.4 is 5.32 Å². The number of ketones is 2. The Hall–Kier alpha value is -2.06. The van der Waals surface area contributed by atoms with Crippen LogP contribution in [0.2, 0.25) is 0 Å². The molecule has 1 amide bonds. The van der Waals surface area contributed by atoms with Gasteiger partial charge < -0.3 is 20.3 Å². The molecule has 0 aromatic heterocycles. The Balaban J connectivity index is 1.34. The number of hydrogen-bond donors (Lipinski definition) is 3. The second-order valence-corrected chi connectivity index (χ2v) is 11.7. The van der Waals surface area contributed by atoms with Gasteiger partial charge in [0.1, 0.15) is 11.6 Å². The highest BCUT2D eigenvalue weighted by Gasteiger charge is 2.68. The Bertz CT molecular complexity index is 974. The van der Waals surface area contributed by atoms with Crippen molar-refractivity contribution >= 4 is 23.4 Å². The van der Waals surface area contributed by atoms with E-state index in [1.807, 2.05) is 6.92 Å². The van der Waals surface area contributed by atoms with Gasteiger partial charge in [-0.05, 0) is 74.2 Å². The second kappa shape index (κ2) is 7.98. The predicted molar refractivity (Wildman–Crippen MR) is 120 cm³/mol. The summed E-state index contributed by atoms with van der Waals surface area (Å²) >= 11 is 0. The van der Waals surface area contributed by atoms with Crippen LogP contribution in [-0.2, 0) is 23.9 Å².